The van der Waals surface area contributed by atoms with Crippen molar-refractivity contribution in [2.24, 2.45) is 16.1 Å². The van der Waals surface area contributed by atoms with Crippen LogP contribution in [0.4, 0.5) is 10.2 Å². The molecule has 3 aromatic heterocycles. The summed E-state index contributed by atoms with van der Waals surface area (Å²) in [5.41, 5.74) is 10.2. The maximum absolute atomic E-state index is 13.9. The van der Waals surface area contributed by atoms with Crippen molar-refractivity contribution < 1.29 is 14.0 Å². The highest BCUT2D eigenvalue weighted by Gasteiger charge is 2.48. The molecule has 6 heterocycles. The smallest absolute Gasteiger partial charge is 0.250 e. The number of benzene rings is 1. The van der Waals surface area contributed by atoms with Crippen LogP contribution in [0.5, 0.6) is 0 Å². The number of carbonyl (C=O) groups is 2. The van der Waals surface area contributed by atoms with Gasteiger partial charge in [0, 0.05) is 46.6 Å². The van der Waals surface area contributed by atoms with E-state index in [9.17, 15) is 14.0 Å². The second-order valence-electron chi connectivity index (χ2n) is 11.5. The number of aromatic nitrogens is 4. The quantitative estimate of drug-likeness (QED) is 0.347. The van der Waals surface area contributed by atoms with E-state index in [1.165, 1.54) is 23.6 Å². The maximum Gasteiger partial charge on any atom is 0.250 e. The number of azo groups is 1. The predicted octanol–water partition coefficient (Wildman–Crippen LogP) is 4.97. The van der Waals surface area contributed by atoms with Gasteiger partial charge in [-0.15, -0.1) is 0 Å². The van der Waals surface area contributed by atoms with Crippen molar-refractivity contribution in [2.45, 2.75) is 70.0 Å². The SMILES string of the molecule is CCC1CN=NC1C(=O)N1C2CCC1CC(c1nc3c(-c4cnc5ccc(F)cc5c4)cnn3c(N)c1C(C)=O)C2. The number of hydrogen-bond acceptors (Lipinski definition) is 8. The van der Waals surface area contributed by atoms with Gasteiger partial charge >= 0.3 is 0 Å². The number of ketones is 1. The Bertz CT molecular complexity index is 1740. The fraction of sp³-hybridized carbons (Fsp3) is 0.433. The number of halogens is 1. The van der Waals surface area contributed by atoms with Crippen molar-refractivity contribution in [3.05, 3.63) is 53.7 Å². The van der Waals surface area contributed by atoms with Crippen LogP contribution in [0, 0.1) is 11.7 Å². The highest BCUT2D eigenvalue weighted by atomic mass is 19.1. The summed E-state index contributed by atoms with van der Waals surface area (Å²) in [5, 5.41) is 13.6. The highest BCUT2D eigenvalue weighted by Crippen LogP contribution is 2.45. The Balaban J connectivity index is 1.27. The number of nitrogens with two attached hydrogens (primary N) is 1. The van der Waals surface area contributed by atoms with Gasteiger partial charge in [-0.1, -0.05) is 6.92 Å². The molecule has 3 aliphatic rings. The number of hydrogen-bond donors (Lipinski definition) is 1. The van der Waals surface area contributed by atoms with Crippen LogP contribution >= 0.6 is 0 Å². The summed E-state index contributed by atoms with van der Waals surface area (Å²) in [6, 6.07) is 6.04. The van der Waals surface area contributed by atoms with E-state index in [-0.39, 0.29) is 47.2 Å². The van der Waals surface area contributed by atoms with Crippen molar-refractivity contribution >= 4 is 34.1 Å². The molecular weight excluding hydrogens is 523 g/mol. The van der Waals surface area contributed by atoms with E-state index >= 15 is 0 Å². The predicted molar refractivity (Wildman–Crippen MR) is 151 cm³/mol. The van der Waals surface area contributed by atoms with Gasteiger partial charge in [0.1, 0.15) is 11.6 Å². The van der Waals surface area contributed by atoms with Crippen LogP contribution in [0.25, 0.3) is 27.7 Å². The van der Waals surface area contributed by atoms with Gasteiger partial charge in [0.2, 0.25) is 5.91 Å². The first-order chi connectivity index (χ1) is 19.8. The van der Waals surface area contributed by atoms with Gasteiger partial charge in [0.05, 0.1) is 29.5 Å². The van der Waals surface area contributed by atoms with Gasteiger partial charge in [-0.3, -0.25) is 14.6 Å². The molecular formula is C30H31FN8O2. The number of rotatable bonds is 5. The molecule has 2 fully saturated rings. The Labute approximate surface area is 235 Å². The van der Waals surface area contributed by atoms with Gasteiger partial charge < -0.3 is 10.6 Å². The molecule has 4 unspecified atom stereocenters. The molecule has 41 heavy (non-hydrogen) atoms. The van der Waals surface area contributed by atoms with E-state index in [0.29, 0.717) is 52.8 Å². The summed E-state index contributed by atoms with van der Waals surface area (Å²) in [6.45, 7) is 4.19. The molecule has 0 radical (unpaired) electrons. The molecule has 3 aliphatic heterocycles. The van der Waals surface area contributed by atoms with E-state index in [1.54, 1.807) is 18.5 Å². The molecule has 7 rings (SSSR count). The number of anilines is 1. The van der Waals surface area contributed by atoms with Crippen molar-refractivity contribution in [3.8, 4) is 11.1 Å². The number of Topliss-reactive ketones (excluding diaryl/α,β-unsaturated/α-hetero) is 1. The minimum Gasteiger partial charge on any atom is -0.383 e. The van der Waals surface area contributed by atoms with E-state index in [2.05, 4.69) is 27.2 Å². The summed E-state index contributed by atoms with van der Waals surface area (Å²) < 4.78 is 15.4. The third kappa shape index (κ3) is 4.08. The van der Waals surface area contributed by atoms with Crippen LogP contribution in [-0.4, -0.2) is 60.8 Å². The standard InChI is InChI=1S/C30H31FN8O2/c1-3-16-13-34-37-27(16)30(41)38-21-5-6-22(38)11-18(10-21)26-25(15(2)40)28(32)39-29(36-26)23(14-35-39)19-8-17-9-20(31)4-7-24(17)33-12-19/h4,7-9,12,14,16,18,21-22,27H,3,5-6,10-11,13,32H2,1-2H3. The molecule has 10 nitrogen and oxygen atoms in total. The fourth-order valence-electron chi connectivity index (χ4n) is 7.09. The first-order valence-corrected chi connectivity index (χ1v) is 14.3. The lowest BCUT2D eigenvalue weighted by Crippen LogP contribution is -2.51. The third-order valence-electron chi connectivity index (χ3n) is 9.14. The van der Waals surface area contributed by atoms with Crippen LogP contribution in [0.2, 0.25) is 0 Å². The van der Waals surface area contributed by atoms with Crippen molar-refractivity contribution in [1.82, 2.24) is 24.5 Å². The first-order valence-electron chi connectivity index (χ1n) is 14.3. The molecule has 4 aromatic rings. The van der Waals surface area contributed by atoms with E-state index in [0.717, 1.165) is 24.8 Å². The molecule has 0 spiro atoms. The topological polar surface area (TPSA) is 131 Å². The average Bonchev–Trinajstić information content (AvgIpc) is 3.68. The molecule has 1 amide bonds. The largest absolute Gasteiger partial charge is 0.383 e. The zero-order valence-corrected chi connectivity index (χ0v) is 23.0. The molecule has 2 saturated heterocycles. The normalized spacial score (nSPS) is 25.4. The van der Waals surface area contributed by atoms with Crippen LogP contribution in [0.3, 0.4) is 0 Å². The van der Waals surface area contributed by atoms with Gasteiger partial charge in [0.25, 0.3) is 0 Å². The second-order valence-corrected chi connectivity index (χ2v) is 11.5. The van der Waals surface area contributed by atoms with Crippen LogP contribution in [0.1, 0.15) is 67.9 Å². The summed E-state index contributed by atoms with van der Waals surface area (Å²) in [5.74, 6) is -0.0677. The number of pyridine rings is 1. The van der Waals surface area contributed by atoms with Gasteiger partial charge in [-0.05, 0) is 63.3 Å². The van der Waals surface area contributed by atoms with Crippen molar-refractivity contribution in [2.75, 3.05) is 12.3 Å². The Hall–Kier alpha value is -4.28. The molecule has 11 heteroatoms. The number of carbonyl (C=O) groups excluding carboxylic acids is 2. The number of nitrogen functional groups attached to an aromatic ring is 1. The maximum atomic E-state index is 13.9. The molecule has 0 aliphatic carbocycles. The van der Waals surface area contributed by atoms with Crippen LogP contribution < -0.4 is 5.73 Å². The minimum atomic E-state index is -0.393. The summed E-state index contributed by atoms with van der Waals surface area (Å²) in [6.07, 6.45) is 7.46. The van der Waals surface area contributed by atoms with E-state index in [4.69, 9.17) is 10.7 Å². The Morgan fingerprint density at radius 1 is 1.12 bits per heavy atom. The highest BCUT2D eigenvalue weighted by molar-refractivity contribution is 6.00. The third-order valence-corrected chi connectivity index (χ3v) is 9.14. The molecule has 2 N–H and O–H groups in total. The molecule has 210 valence electrons. The van der Waals surface area contributed by atoms with Crippen molar-refractivity contribution in [1.29, 1.82) is 0 Å². The lowest BCUT2D eigenvalue weighted by molar-refractivity contribution is -0.138. The molecule has 4 atom stereocenters. The van der Waals surface area contributed by atoms with E-state index < -0.39 is 6.04 Å². The lowest BCUT2D eigenvalue weighted by Gasteiger charge is -2.40. The second kappa shape index (κ2) is 9.67. The molecule has 1 aromatic carbocycles. The minimum absolute atomic E-state index is 0.0403. The summed E-state index contributed by atoms with van der Waals surface area (Å²) in [4.78, 5) is 38.1. The molecule has 2 bridgehead atoms. The Morgan fingerprint density at radius 3 is 2.63 bits per heavy atom. The number of amides is 1. The Kier molecular flexibility index (Phi) is 6.06. The Morgan fingerprint density at radius 2 is 1.90 bits per heavy atom. The van der Waals surface area contributed by atoms with Crippen LogP contribution in [-0.2, 0) is 4.79 Å². The zero-order chi connectivity index (χ0) is 28.4. The zero-order valence-electron chi connectivity index (χ0n) is 23.0. The van der Waals surface area contributed by atoms with E-state index in [1.807, 2.05) is 11.0 Å². The number of piperidine rings is 1. The lowest BCUT2D eigenvalue weighted by atomic mass is 9.84. The number of fused-ring (bicyclic) bond motifs is 4. The fourth-order valence-corrected chi connectivity index (χ4v) is 7.09. The van der Waals surface area contributed by atoms with Gasteiger partial charge in [-0.25, -0.2) is 9.37 Å². The van der Waals surface area contributed by atoms with Gasteiger partial charge in [0.15, 0.2) is 17.5 Å². The van der Waals surface area contributed by atoms with Crippen molar-refractivity contribution in [3.63, 3.8) is 0 Å². The van der Waals surface area contributed by atoms with Gasteiger partial charge in [-0.2, -0.15) is 19.8 Å². The monoisotopic (exact) mass is 554 g/mol. The number of nitrogens with zero attached hydrogens (tertiary/aromatic N) is 7. The average molecular weight is 555 g/mol. The summed E-state index contributed by atoms with van der Waals surface area (Å²) >= 11 is 0. The van der Waals surface area contributed by atoms with Crippen LogP contribution in [0.15, 0.2) is 46.9 Å². The molecule has 0 saturated carbocycles. The summed E-state index contributed by atoms with van der Waals surface area (Å²) in [7, 11) is 0. The first kappa shape index (κ1) is 25.7.